The Labute approximate surface area is 198 Å². The number of fused-ring (bicyclic) bond motifs is 2. The van der Waals surface area contributed by atoms with Crippen molar-refractivity contribution in [1.82, 2.24) is 9.99 Å². The van der Waals surface area contributed by atoms with E-state index < -0.39 is 17.7 Å². The van der Waals surface area contributed by atoms with Crippen LogP contribution in [0.4, 0.5) is 8.78 Å². The maximum absolute atomic E-state index is 14.1. The minimum absolute atomic E-state index is 0.0952. The van der Waals surface area contributed by atoms with Gasteiger partial charge in [-0.05, 0) is 76.7 Å². The molecule has 6 nitrogen and oxygen atoms in total. The first-order valence-corrected chi connectivity index (χ1v) is 11.7. The Balaban J connectivity index is 1.27. The third-order valence-corrected chi connectivity index (χ3v) is 7.84. The van der Waals surface area contributed by atoms with Crippen molar-refractivity contribution in [3.63, 3.8) is 0 Å². The number of pyridine rings is 1. The van der Waals surface area contributed by atoms with Crippen LogP contribution in [0.3, 0.4) is 0 Å². The molecule has 3 saturated carbocycles. The summed E-state index contributed by atoms with van der Waals surface area (Å²) in [5.74, 6) is -0.181. The molecule has 2 unspecified atom stereocenters. The number of hydrogen-bond donors (Lipinski definition) is 0. The lowest BCUT2D eigenvalue weighted by atomic mass is 9.55. The number of nitrogens with zero attached hydrogens (tertiary/aromatic N) is 4. The highest BCUT2D eigenvalue weighted by atomic mass is 79.9. The predicted octanol–water partition coefficient (Wildman–Crippen LogP) is 4.99. The van der Waals surface area contributed by atoms with E-state index in [1.54, 1.807) is 18.3 Å². The molecule has 3 atom stereocenters. The molecule has 1 aromatic heterocycles. The van der Waals surface area contributed by atoms with Gasteiger partial charge in [0.15, 0.2) is 0 Å². The molecule has 170 valence electrons. The summed E-state index contributed by atoms with van der Waals surface area (Å²) >= 11 is 2.89. The van der Waals surface area contributed by atoms with Crippen molar-refractivity contribution >= 4 is 28.1 Å². The summed E-state index contributed by atoms with van der Waals surface area (Å²) in [4.78, 5) is 17.6. The average molecular weight is 515 g/mol. The van der Waals surface area contributed by atoms with E-state index in [4.69, 9.17) is 10.00 Å². The van der Waals surface area contributed by atoms with Crippen LogP contribution in [-0.2, 0) is 4.79 Å². The highest BCUT2D eigenvalue weighted by molar-refractivity contribution is 9.10. The number of nitriles is 1. The maximum atomic E-state index is 14.1. The molecule has 0 saturated heterocycles. The smallest absolute Gasteiger partial charge is 0.246 e. The second kappa shape index (κ2) is 8.82. The van der Waals surface area contributed by atoms with E-state index in [9.17, 15) is 13.6 Å². The number of aromatic nitrogens is 1. The van der Waals surface area contributed by atoms with Gasteiger partial charge in [-0.3, -0.25) is 4.79 Å². The van der Waals surface area contributed by atoms with E-state index >= 15 is 0 Å². The SMILES string of the molecule is N#Cc1ccc(OCC2C[C@H](C(=O)N3N=CCC3c3cc(F)c(Br)c(F)c3)C3CC2C3)nc1. The Morgan fingerprint density at radius 3 is 2.64 bits per heavy atom. The summed E-state index contributed by atoms with van der Waals surface area (Å²) < 4.78 is 33.8. The molecular weight excluding hydrogens is 494 g/mol. The largest absolute Gasteiger partial charge is 0.477 e. The highest BCUT2D eigenvalue weighted by Gasteiger charge is 2.50. The molecule has 0 spiro atoms. The molecule has 0 radical (unpaired) electrons. The van der Waals surface area contributed by atoms with E-state index in [2.05, 4.69) is 26.0 Å². The highest BCUT2D eigenvalue weighted by Crippen LogP contribution is 2.53. The zero-order chi connectivity index (χ0) is 23.1. The molecule has 0 N–H and O–H groups in total. The number of halogens is 3. The lowest BCUT2D eigenvalue weighted by Gasteiger charge is -2.51. The molecule has 3 aliphatic carbocycles. The van der Waals surface area contributed by atoms with Crippen molar-refractivity contribution in [3.8, 4) is 11.9 Å². The number of carbonyl (C=O) groups is 1. The van der Waals surface area contributed by atoms with Gasteiger partial charge >= 0.3 is 0 Å². The minimum Gasteiger partial charge on any atom is -0.477 e. The minimum atomic E-state index is -0.697. The van der Waals surface area contributed by atoms with Crippen molar-refractivity contribution in [1.29, 1.82) is 5.26 Å². The van der Waals surface area contributed by atoms with Gasteiger partial charge in [0, 0.05) is 30.8 Å². The van der Waals surface area contributed by atoms with Gasteiger partial charge in [0.05, 0.1) is 22.7 Å². The molecule has 2 bridgehead atoms. The van der Waals surface area contributed by atoms with Crippen LogP contribution in [-0.4, -0.2) is 28.7 Å². The van der Waals surface area contributed by atoms with Crippen molar-refractivity contribution in [2.24, 2.45) is 28.8 Å². The van der Waals surface area contributed by atoms with Gasteiger partial charge in [0.2, 0.25) is 11.8 Å². The normalized spacial score (nSPS) is 27.7. The van der Waals surface area contributed by atoms with Gasteiger partial charge in [0.25, 0.3) is 0 Å². The molecule has 2 heterocycles. The predicted molar refractivity (Wildman–Crippen MR) is 119 cm³/mol. The molecule has 4 aliphatic rings. The van der Waals surface area contributed by atoms with Gasteiger partial charge in [0.1, 0.15) is 17.7 Å². The fourth-order valence-electron chi connectivity index (χ4n) is 5.20. The zero-order valence-electron chi connectivity index (χ0n) is 17.6. The second-order valence-electron chi connectivity index (χ2n) is 8.93. The Hall–Kier alpha value is -2.86. The van der Waals surface area contributed by atoms with E-state index in [-0.39, 0.29) is 22.2 Å². The number of hydrogen-bond acceptors (Lipinski definition) is 5. The number of hydrazone groups is 1. The lowest BCUT2D eigenvalue weighted by Crippen LogP contribution is -2.50. The van der Waals surface area contributed by atoms with E-state index in [0.29, 0.717) is 48.3 Å². The maximum Gasteiger partial charge on any atom is 0.246 e. The summed E-state index contributed by atoms with van der Waals surface area (Å²) in [5.41, 5.74) is 0.867. The van der Waals surface area contributed by atoms with Crippen LogP contribution in [0.2, 0.25) is 0 Å². The second-order valence-corrected chi connectivity index (χ2v) is 9.73. The van der Waals surface area contributed by atoms with Crippen molar-refractivity contribution in [2.45, 2.75) is 31.7 Å². The van der Waals surface area contributed by atoms with Crippen LogP contribution in [0.25, 0.3) is 0 Å². The number of rotatable bonds is 5. The van der Waals surface area contributed by atoms with Crippen LogP contribution in [0.15, 0.2) is 40.0 Å². The van der Waals surface area contributed by atoms with Crippen molar-refractivity contribution < 1.29 is 18.3 Å². The molecule has 33 heavy (non-hydrogen) atoms. The van der Waals surface area contributed by atoms with Gasteiger partial charge < -0.3 is 4.74 Å². The van der Waals surface area contributed by atoms with E-state index in [0.717, 1.165) is 12.8 Å². The Morgan fingerprint density at radius 2 is 1.97 bits per heavy atom. The van der Waals surface area contributed by atoms with Crippen LogP contribution in [0.5, 0.6) is 5.88 Å². The van der Waals surface area contributed by atoms with E-state index in [1.165, 1.54) is 23.3 Å². The van der Waals surface area contributed by atoms with Crippen LogP contribution in [0, 0.1) is 46.6 Å². The average Bonchev–Trinajstić information content (AvgIpc) is 3.30. The Morgan fingerprint density at radius 1 is 1.21 bits per heavy atom. The van der Waals surface area contributed by atoms with Crippen molar-refractivity contribution in [2.75, 3.05) is 6.61 Å². The van der Waals surface area contributed by atoms with Crippen LogP contribution < -0.4 is 4.74 Å². The standard InChI is InChI=1S/C24H21BrF2N4O2/c25-23-19(26)8-16(9-20(23)27)21-3-4-30-31(21)24(32)18-7-17(14-5-15(18)6-14)12-33-22-2-1-13(10-28)11-29-22/h1-2,4,8-9,11,14-15,17-18,21H,3,5-7,12H2/t14?,15?,17?,18-,21?/m0/s1. The topological polar surface area (TPSA) is 78.6 Å². The van der Waals surface area contributed by atoms with Gasteiger partial charge in [-0.15, -0.1) is 0 Å². The Bertz CT molecular complexity index is 1120. The number of ether oxygens (including phenoxy) is 1. The van der Waals surface area contributed by atoms with Gasteiger partial charge in [-0.1, -0.05) is 0 Å². The fourth-order valence-corrected chi connectivity index (χ4v) is 5.43. The van der Waals surface area contributed by atoms with Crippen LogP contribution >= 0.6 is 15.9 Å². The number of amides is 1. The quantitative estimate of drug-likeness (QED) is 0.526. The van der Waals surface area contributed by atoms with E-state index in [1.807, 2.05) is 6.07 Å². The molecule has 1 amide bonds. The molecule has 6 rings (SSSR count). The third-order valence-electron chi connectivity index (χ3n) is 7.08. The molecule has 2 aromatic rings. The van der Waals surface area contributed by atoms with Crippen molar-refractivity contribution in [3.05, 3.63) is 57.7 Å². The van der Waals surface area contributed by atoms with Crippen LogP contribution in [0.1, 0.15) is 42.9 Å². The molecular formula is C24H21BrF2N4O2. The monoisotopic (exact) mass is 514 g/mol. The lowest BCUT2D eigenvalue weighted by molar-refractivity contribution is -0.148. The summed E-state index contributed by atoms with van der Waals surface area (Å²) in [6, 6.07) is 7.37. The third kappa shape index (κ3) is 4.12. The number of carbonyl (C=O) groups excluding carboxylic acids is 1. The first-order valence-electron chi connectivity index (χ1n) is 10.9. The first-order chi connectivity index (χ1) is 15.9. The first kappa shape index (κ1) is 22.0. The summed E-state index contributed by atoms with van der Waals surface area (Å²) in [6.45, 7) is 0.454. The molecule has 1 aliphatic heterocycles. The zero-order valence-corrected chi connectivity index (χ0v) is 19.2. The number of benzene rings is 1. The fraction of sp³-hybridized carbons (Fsp3) is 0.417. The van der Waals surface area contributed by atoms with Gasteiger partial charge in [-0.25, -0.2) is 18.8 Å². The molecule has 9 heteroatoms. The summed E-state index contributed by atoms with van der Waals surface area (Å²) in [5, 5.41) is 14.6. The van der Waals surface area contributed by atoms with Gasteiger partial charge in [-0.2, -0.15) is 10.4 Å². The Kier molecular flexibility index (Phi) is 5.87. The molecule has 1 aromatic carbocycles. The summed E-state index contributed by atoms with van der Waals surface area (Å²) in [7, 11) is 0. The summed E-state index contributed by atoms with van der Waals surface area (Å²) in [6.07, 6.45) is 6.14. The molecule has 3 fully saturated rings.